The number of hydrogen-bond donors (Lipinski definition) is 1. The van der Waals surface area contributed by atoms with Gasteiger partial charge < -0.3 is 10.0 Å². The highest BCUT2D eigenvalue weighted by molar-refractivity contribution is 6.30. The van der Waals surface area contributed by atoms with Crippen molar-refractivity contribution in [2.24, 2.45) is 11.8 Å². The molecule has 0 radical (unpaired) electrons. The lowest BCUT2D eigenvalue weighted by atomic mass is 9.96. The Morgan fingerprint density at radius 3 is 2.19 bits per heavy atom. The Labute approximate surface area is 123 Å². The average molecular weight is 322 g/mol. The fourth-order valence-corrected chi connectivity index (χ4v) is 2.45. The number of carbonyl (C=O) groups is 2. The minimum absolute atomic E-state index is 0.173. The van der Waals surface area contributed by atoms with Crippen molar-refractivity contribution >= 4 is 23.5 Å². The molecule has 4 nitrogen and oxygen atoms in total. The van der Waals surface area contributed by atoms with Crippen LogP contribution in [-0.2, 0) is 4.79 Å². The second-order valence-corrected chi connectivity index (χ2v) is 5.25. The van der Waals surface area contributed by atoms with Gasteiger partial charge >= 0.3 is 12.1 Å². The molecule has 0 bridgehead atoms. The maximum absolute atomic E-state index is 12.8. The van der Waals surface area contributed by atoms with Gasteiger partial charge in [0.15, 0.2) is 0 Å². The van der Waals surface area contributed by atoms with E-state index in [0.717, 1.165) is 4.90 Å². The predicted molar refractivity (Wildman–Crippen MR) is 68.0 cm³/mol. The first-order valence-corrected chi connectivity index (χ1v) is 6.42. The van der Waals surface area contributed by atoms with Crippen molar-refractivity contribution in [3.8, 4) is 0 Å². The maximum atomic E-state index is 12.8. The van der Waals surface area contributed by atoms with Crippen LogP contribution in [0.1, 0.15) is 10.4 Å². The number of amides is 1. The molecule has 0 unspecified atom stereocenters. The van der Waals surface area contributed by atoms with Gasteiger partial charge in [0.25, 0.3) is 5.91 Å². The number of halogens is 4. The van der Waals surface area contributed by atoms with E-state index in [1.54, 1.807) is 0 Å². The van der Waals surface area contributed by atoms with Gasteiger partial charge in [0.05, 0.1) is 11.8 Å². The van der Waals surface area contributed by atoms with Crippen LogP contribution in [0.15, 0.2) is 24.3 Å². The van der Waals surface area contributed by atoms with E-state index in [9.17, 15) is 22.8 Å². The largest absolute Gasteiger partial charge is 0.481 e. The second kappa shape index (κ2) is 5.55. The lowest BCUT2D eigenvalue weighted by Crippen LogP contribution is -2.34. The number of carboxylic acid groups (broad SMARTS) is 1. The number of carbonyl (C=O) groups excluding carboxylic acids is 1. The predicted octanol–water partition coefficient (Wildman–Crippen LogP) is 2.68. The van der Waals surface area contributed by atoms with Crippen molar-refractivity contribution in [3.63, 3.8) is 0 Å². The molecular formula is C13H11ClF3NO3. The van der Waals surface area contributed by atoms with E-state index in [2.05, 4.69) is 0 Å². The summed E-state index contributed by atoms with van der Waals surface area (Å²) in [7, 11) is 0. The average Bonchev–Trinajstić information content (AvgIpc) is 2.84. The normalized spacial score (nSPS) is 22.4. The fourth-order valence-electron chi connectivity index (χ4n) is 2.33. The molecule has 1 aliphatic heterocycles. The van der Waals surface area contributed by atoms with Gasteiger partial charge in [0, 0.05) is 23.7 Å². The monoisotopic (exact) mass is 321 g/mol. The summed E-state index contributed by atoms with van der Waals surface area (Å²) in [5.41, 5.74) is 0.173. The van der Waals surface area contributed by atoms with Crippen LogP contribution in [0, 0.1) is 11.8 Å². The molecule has 1 heterocycles. The molecule has 1 aliphatic rings. The summed E-state index contributed by atoms with van der Waals surface area (Å²) in [4.78, 5) is 24.0. The van der Waals surface area contributed by atoms with Crippen LogP contribution < -0.4 is 0 Å². The van der Waals surface area contributed by atoms with Crippen LogP contribution in [0.25, 0.3) is 0 Å². The summed E-state index contributed by atoms with van der Waals surface area (Å²) in [5, 5.41) is 9.29. The molecule has 0 aliphatic carbocycles. The van der Waals surface area contributed by atoms with Crippen molar-refractivity contribution in [1.29, 1.82) is 0 Å². The molecule has 2 atom stereocenters. The number of hydrogen-bond acceptors (Lipinski definition) is 2. The van der Waals surface area contributed by atoms with Gasteiger partial charge in [0.1, 0.15) is 0 Å². The third-order valence-electron chi connectivity index (χ3n) is 3.44. The number of aliphatic carboxylic acids is 1. The van der Waals surface area contributed by atoms with Gasteiger partial charge in [0.2, 0.25) is 0 Å². The molecule has 1 N–H and O–H groups in total. The summed E-state index contributed by atoms with van der Waals surface area (Å²) < 4.78 is 38.5. The first-order valence-electron chi connectivity index (χ1n) is 6.04. The Morgan fingerprint density at radius 1 is 1.19 bits per heavy atom. The second-order valence-electron chi connectivity index (χ2n) is 4.81. The van der Waals surface area contributed by atoms with Crippen molar-refractivity contribution in [2.45, 2.75) is 6.18 Å². The molecule has 0 aromatic heterocycles. The van der Waals surface area contributed by atoms with E-state index in [1.165, 1.54) is 24.3 Å². The number of alkyl halides is 3. The smallest absolute Gasteiger partial charge is 0.394 e. The van der Waals surface area contributed by atoms with E-state index in [4.69, 9.17) is 16.7 Å². The maximum Gasteiger partial charge on any atom is 0.394 e. The number of carboxylic acids is 1. The third-order valence-corrected chi connectivity index (χ3v) is 3.69. The zero-order valence-electron chi connectivity index (χ0n) is 10.6. The van der Waals surface area contributed by atoms with E-state index in [1.807, 2.05) is 0 Å². The van der Waals surface area contributed by atoms with Crippen molar-refractivity contribution in [3.05, 3.63) is 34.9 Å². The number of nitrogens with zero attached hydrogens (tertiary/aromatic N) is 1. The summed E-state index contributed by atoms with van der Waals surface area (Å²) >= 11 is 5.67. The Kier molecular flexibility index (Phi) is 4.13. The van der Waals surface area contributed by atoms with Crippen molar-refractivity contribution < 1.29 is 27.9 Å². The van der Waals surface area contributed by atoms with Crippen LogP contribution >= 0.6 is 11.6 Å². The highest BCUT2D eigenvalue weighted by Crippen LogP contribution is 2.38. The van der Waals surface area contributed by atoms with E-state index in [-0.39, 0.29) is 5.56 Å². The lowest BCUT2D eigenvalue weighted by molar-refractivity contribution is -0.187. The first kappa shape index (κ1) is 15.6. The molecule has 0 spiro atoms. The van der Waals surface area contributed by atoms with Gasteiger partial charge in [-0.15, -0.1) is 0 Å². The van der Waals surface area contributed by atoms with Crippen LogP contribution in [0.5, 0.6) is 0 Å². The van der Waals surface area contributed by atoms with Gasteiger partial charge in [-0.3, -0.25) is 9.59 Å². The van der Waals surface area contributed by atoms with Gasteiger partial charge in [-0.1, -0.05) is 11.6 Å². The highest BCUT2D eigenvalue weighted by Gasteiger charge is 2.53. The molecule has 1 amide bonds. The molecule has 8 heteroatoms. The quantitative estimate of drug-likeness (QED) is 0.911. The zero-order chi connectivity index (χ0) is 15.8. The zero-order valence-corrected chi connectivity index (χ0v) is 11.4. The summed E-state index contributed by atoms with van der Waals surface area (Å²) in [6.45, 7) is -1.11. The fraction of sp³-hybridized carbons (Fsp3) is 0.385. The van der Waals surface area contributed by atoms with E-state index >= 15 is 0 Å². The lowest BCUT2D eigenvalue weighted by Gasteiger charge is -2.18. The highest BCUT2D eigenvalue weighted by atomic mass is 35.5. The van der Waals surface area contributed by atoms with Gasteiger partial charge in [-0.05, 0) is 24.3 Å². The number of rotatable bonds is 2. The Hall–Kier alpha value is -1.76. The van der Waals surface area contributed by atoms with E-state index in [0.29, 0.717) is 5.02 Å². The van der Waals surface area contributed by atoms with Crippen molar-refractivity contribution in [1.82, 2.24) is 4.90 Å². The Balaban J connectivity index is 2.20. The molecule has 2 rings (SSSR count). The molecule has 1 aromatic carbocycles. The van der Waals surface area contributed by atoms with Crippen LogP contribution in [0.3, 0.4) is 0 Å². The van der Waals surface area contributed by atoms with E-state index < -0.39 is 43.0 Å². The Morgan fingerprint density at radius 2 is 1.76 bits per heavy atom. The van der Waals surface area contributed by atoms with Crippen LogP contribution in [-0.4, -0.2) is 41.1 Å². The minimum Gasteiger partial charge on any atom is -0.481 e. The van der Waals surface area contributed by atoms with Gasteiger partial charge in [-0.25, -0.2) is 0 Å². The Bertz CT molecular complexity index is 559. The van der Waals surface area contributed by atoms with Crippen molar-refractivity contribution in [2.75, 3.05) is 13.1 Å². The van der Waals surface area contributed by atoms with Gasteiger partial charge in [-0.2, -0.15) is 13.2 Å². The SMILES string of the molecule is O=C(O)[C@@H]1CN(C(=O)c2ccc(Cl)cc2)C[C@H]1C(F)(F)F. The van der Waals surface area contributed by atoms with Crippen LogP contribution in [0.2, 0.25) is 5.02 Å². The standard InChI is InChI=1S/C13H11ClF3NO3/c14-8-3-1-7(2-4-8)11(19)18-5-9(12(20)21)10(6-18)13(15,16)17/h1-4,9-10H,5-6H2,(H,20,21)/t9-,10-/m1/s1. The molecule has 1 aromatic rings. The molecular weight excluding hydrogens is 311 g/mol. The number of likely N-dealkylation sites (tertiary alicyclic amines) is 1. The number of benzene rings is 1. The summed E-state index contributed by atoms with van der Waals surface area (Å²) in [6.07, 6.45) is -4.65. The molecule has 21 heavy (non-hydrogen) atoms. The molecule has 1 fully saturated rings. The summed E-state index contributed by atoms with van der Waals surface area (Å²) in [6, 6.07) is 5.67. The van der Waals surface area contributed by atoms with Crippen LogP contribution in [0.4, 0.5) is 13.2 Å². The first-order chi connectivity index (χ1) is 9.70. The summed E-state index contributed by atoms with van der Waals surface area (Å²) in [5.74, 6) is -5.87. The minimum atomic E-state index is -4.65. The molecule has 0 saturated carbocycles. The topological polar surface area (TPSA) is 57.6 Å². The molecule has 114 valence electrons. The third kappa shape index (κ3) is 3.29. The molecule has 1 saturated heterocycles.